The molecule has 0 aliphatic carbocycles. The number of amides is 1. The number of ether oxygens (including phenoxy) is 1. The van der Waals surface area contributed by atoms with Crippen LogP contribution in [0.15, 0.2) is 24.3 Å². The van der Waals surface area contributed by atoms with E-state index in [1.807, 2.05) is 38.1 Å². The van der Waals surface area contributed by atoms with Crippen LogP contribution >= 0.6 is 0 Å². The molecular weight excluding hydrogens is 266 g/mol. The normalized spacial score (nSPS) is 10.7. The van der Waals surface area contributed by atoms with E-state index in [1.165, 1.54) is 0 Å². The first kappa shape index (κ1) is 15.1. The van der Waals surface area contributed by atoms with Gasteiger partial charge in [-0.3, -0.25) is 9.89 Å². The summed E-state index contributed by atoms with van der Waals surface area (Å²) < 4.78 is 5.56. The molecule has 5 nitrogen and oxygen atoms in total. The number of aromatic amines is 1. The lowest BCUT2D eigenvalue weighted by Gasteiger charge is -2.09. The Labute approximate surface area is 124 Å². The molecule has 5 heteroatoms. The van der Waals surface area contributed by atoms with Crippen molar-refractivity contribution in [2.75, 3.05) is 11.9 Å². The Kier molecular flexibility index (Phi) is 4.62. The van der Waals surface area contributed by atoms with Gasteiger partial charge in [0.1, 0.15) is 5.75 Å². The van der Waals surface area contributed by atoms with E-state index < -0.39 is 0 Å². The molecule has 0 saturated carbocycles. The maximum atomic E-state index is 11.9. The highest BCUT2D eigenvalue weighted by Gasteiger charge is 2.09. The van der Waals surface area contributed by atoms with Crippen molar-refractivity contribution in [1.82, 2.24) is 10.2 Å². The van der Waals surface area contributed by atoms with Gasteiger partial charge in [-0.05, 0) is 37.0 Å². The smallest absolute Gasteiger partial charge is 0.263 e. The fraction of sp³-hybridized carbons (Fsp3) is 0.375. The van der Waals surface area contributed by atoms with Crippen molar-refractivity contribution in [1.29, 1.82) is 0 Å². The Balaban J connectivity index is 1.91. The van der Waals surface area contributed by atoms with Crippen LogP contribution in [0.4, 0.5) is 5.82 Å². The summed E-state index contributed by atoms with van der Waals surface area (Å²) in [6.07, 6.45) is 0. The van der Waals surface area contributed by atoms with Crippen LogP contribution in [0.25, 0.3) is 0 Å². The number of hydrogen-bond donors (Lipinski definition) is 2. The number of hydrogen-bond acceptors (Lipinski definition) is 3. The minimum atomic E-state index is -0.224. The predicted molar refractivity (Wildman–Crippen MR) is 82.7 cm³/mol. The van der Waals surface area contributed by atoms with Crippen LogP contribution in [0.5, 0.6) is 5.75 Å². The molecule has 1 aromatic carbocycles. The van der Waals surface area contributed by atoms with Crippen molar-refractivity contribution in [2.45, 2.75) is 33.6 Å². The number of aryl methyl sites for hydroxylation is 2. The molecule has 21 heavy (non-hydrogen) atoms. The van der Waals surface area contributed by atoms with E-state index in [0.29, 0.717) is 11.7 Å². The molecule has 1 aromatic heterocycles. The fourth-order valence-electron chi connectivity index (χ4n) is 1.88. The van der Waals surface area contributed by atoms with Crippen molar-refractivity contribution in [3.63, 3.8) is 0 Å². The molecule has 0 radical (unpaired) electrons. The molecule has 1 heterocycles. The average molecular weight is 287 g/mol. The number of carbonyl (C=O) groups excluding carboxylic acids is 1. The van der Waals surface area contributed by atoms with Crippen LogP contribution in [0, 0.1) is 13.8 Å². The van der Waals surface area contributed by atoms with Gasteiger partial charge in [0.15, 0.2) is 12.4 Å². The van der Waals surface area contributed by atoms with E-state index in [4.69, 9.17) is 4.74 Å². The molecule has 2 aromatic rings. The van der Waals surface area contributed by atoms with Crippen LogP contribution in [0.3, 0.4) is 0 Å². The molecule has 0 aliphatic heterocycles. The van der Waals surface area contributed by atoms with E-state index in [0.717, 1.165) is 22.6 Å². The van der Waals surface area contributed by atoms with E-state index >= 15 is 0 Å². The highest BCUT2D eigenvalue weighted by atomic mass is 16.5. The molecule has 2 N–H and O–H groups in total. The SMILES string of the molecule is Cc1ccc(C)c(OCC(=O)Nc2cc(C(C)C)[nH]n2)c1. The zero-order chi connectivity index (χ0) is 15.4. The summed E-state index contributed by atoms with van der Waals surface area (Å²) in [5.41, 5.74) is 3.10. The molecule has 1 amide bonds. The summed E-state index contributed by atoms with van der Waals surface area (Å²) in [5.74, 6) is 1.37. The van der Waals surface area contributed by atoms with E-state index in [1.54, 1.807) is 0 Å². The standard InChI is InChI=1S/C16H21N3O2/c1-10(2)13-8-15(19-18-13)17-16(20)9-21-14-7-11(3)5-6-12(14)4/h5-8,10H,9H2,1-4H3,(H2,17,18,19,20). The first-order valence-electron chi connectivity index (χ1n) is 7.01. The van der Waals surface area contributed by atoms with E-state index in [9.17, 15) is 4.79 Å². The molecule has 0 aliphatic rings. The van der Waals surface area contributed by atoms with Gasteiger partial charge in [0.25, 0.3) is 5.91 Å². The Bertz CT molecular complexity index is 632. The van der Waals surface area contributed by atoms with Crippen LogP contribution in [-0.2, 0) is 4.79 Å². The summed E-state index contributed by atoms with van der Waals surface area (Å²) in [7, 11) is 0. The van der Waals surface area contributed by atoms with Gasteiger partial charge in [-0.2, -0.15) is 5.10 Å². The van der Waals surface area contributed by atoms with E-state index in [2.05, 4.69) is 29.4 Å². The second-order valence-corrected chi connectivity index (χ2v) is 5.47. The summed E-state index contributed by atoms with van der Waals surface area (Å²) in [4.78, 5) is 11.9. The summed E-state index contributed by atoms with van der Waals surface area (Å²) in [5, 5.41) is 9.66. The summed E-state index contributed by atoms with van der Waals surface area (Å²) >= 11 is 0. The molecular formula is C16H21N3O2. The Morgan fingerprint density at radius 2 is 2.10 bits per heavy atom. The molecule has 0 bridgehead atoms. The number of nitrogens with zero attached hydrogens (tertiary/aromatic N) is 1. The number of rotatable bonds is 5. The lowest BCUT2D eigenvalue weighted by molar-refractivity contribution is -0.118. The third kappa shape index (κ3) is 4.08. The Morgan fingerprint density at radius 1 is 1.33 bits per heavy atom. The van der Waals surface area contributed by atoms with Gasteiger partial charge in [0.2, 0.25) is 0 Å². The fourth-order valence-corrected chi connectivity index (χ4v) is 1.88. The van der Waals surface area contributed by atoms with Crippen LogP contribution < -0.4 is 10.1 Å². The zero-order valence-corrected chi connectivity index (χ0v) is 12.9. The number of benzene rings is 1. The first-order valence-corrected chi connectivity index (χ1v) is 7.01. The van der Waals surface area contributed by atoms with Gasteiger partial charge in [0.05, 0.1) is 0 Å². The zero-order valence-electron chi connectivity index (χ0n) is 12.9. The van der Waals surface area contributed by atoms with Gasteiger partial charge >= 0.3 is 0 Å². The molecule has 0 fully saturated rings. The second kappa shape index (κ2) is 6.43. The lowest BCUT2D eigenvalue weighted by atomic mass is 10.1. The second-order valence-electron chi connectivity index (χ2n) is 5.47. The quantitative estimate of drug-likeness (QED) is 0.887. The summed E-state index contributed by atoms with van der Waals surface area (Å²) in [6, 6.07) is 7.75. The Hall–Kier alpha value is -2.30. The predicted octanol–water partition coefficient (Wildman–Crippen LogP) is 3.17. The number of H-pyrrole nitrogens is 1. The van der Waals surface area contributed by atoms with Gasteiger partial charge in [-0.25, -0.2) is 0 Å². The molecule has 0 saturated heterocycles. The average Bonchev–Trinajstić information content (AvgIpc) is 2.88. The maximum absolute atomic E-state index is 11.9. The van der Waals surface area contributed by atoms with Gasteiger partial charge in [0, 0.05) is 11.8 Å². The molecule has 112 valence electrons. The Morgan fingerprint density at radius 3 is 2.76 bits per heavy atom. The number of carbonyl (C=O) groups is 1. The van der Waals surface area contributed by atoms with Crippen molar-refractivity contribution in [3.05, 3.63) is 41.1 Å². The number of aromatic nitrogens is 2. The van der Waals surface area contributed by atoms with Crippen molar-refractivity contribution < 1.29 is 9.53 Å². The van der Waals surface area contributed by atoms with E-state index in [-0.39, 0.29) is 12.5 Å². The third-order valence-electron chi connectivity index (χ3n) is 3.19. The van der Waals surface area contributed by atoms with Crippen LogP contribution in [0.2, 0.25) is 0 Å². The van der Waals surface area contributed by atoms with Gasteiger partial charge in [-0.15, -0.1) is 0 Å². The molecule has 2 rings (SSSR count). The van der Waals surface area contributed by atoms with Gasteiger partial charge in [-0.1, -0.05) is 26.0 Å². The topological polar surface area (TPSA) is 67.0 Å². The number of anilines is 1. The largest absolute Gasteiger partial charge is 0.483 e. The summed E-state index contributed by atoms with van der Waals surface area (Å²) in [6.45, 7) is 8.03. The minimum Gasteiger partial charge on any atom is -0.483 e. The van der Waals surface area contributed by atoms with Crippen molar-refractivity contribution >= 4 is 11.7 Å². The number of nitrogens with one attached hydrogen (secondary N) is 2. The van der Waals surface area contributed by atoms with Crippen molar-refractivity contribution in [2.24, 2.45) is 0 Å². The first-order chi connectivity index (χ1) is 9.95. The third-order valence-corrected chi connectivity index (χ3v) is 3.19. The lowest BCUT2D eigenvalue weighted by Crippen LogP contribution is -2.20. The molecule has 0 unspecified atom stereocenters. The minimum absolute atomic E-state index is 0.0336. The van der Waals surface area contributed by atoms with Gasteiger partial charge < -0.3 is 10.1 Å². The highest BCUT2D eigenvalue weighted by molar-refractivity contribution is 5.91. The van der Waals surface area contributed by atoms with Crippen molar-refractivity contribution in [3.8, 4) is 5.75 Å². The van der Waals surface area contributed by atoms with Crippen LogP contribution in [-0.4, -0.2) is 22.7 Å². The maximum Gasteiger partial charge on any atom is 0.263 e. The van der Waals surface area contributed by atoms with Crippen LogP contribution in [0.1, 0.15) is 36.6 Å². The molecule has 0 atom stereocenters. The molecule has 0 spiro atoms. The monoisotopic (exact) mass is 287 g/mol. The highest BCUT2D eigenvalue weighted by Crippen LogP contribution is 2.19.